The van der Waals surface area contributed by atoms with Crippen molar-refractivity contribution in [3.8, 4) is 0 Å². The van der Waals surface area contributed by atoms with Gasteiger partial charge in [-0.1, -0.05) is 42.5 Å². The summed E-state index contributed by atoms with van der Waals surface area (Å²) in [5, 5.41) is 10.5. The Labute approximate surface area is 152 Å². The number of benzene rings is 2. The Morgan fingerprint density at radius 3 is 2.12 bits per heavy atom. The van der Waals surface area contributed by atoms with Crippen molar-refractivity contribution in [2.24, 2.45) is 5.73 Å². The number of nitrogens with zero attached hydrogens (tertiary/aromatic N) is 2. The summed E-state index contributed by atoms with van der Waals surface area (Å²) in [6.07, 6.45) is -0.840. The van der Waals surface area contributed by atoms with Crippen LogP contribution in [0, 0.1) is 0 Å². The molecular weight excluding hydrogens is 330 g/mol. The molecule has 0 fully saturated rings. The van der Waals surface area contributed by atoms with E-state index in [1.54, 1.807) is 24.3 Å². The molecule has 2 amide bonds. The molecule has 3 rings (SSSR count). The molecule has 1 unspecified atom stereocenters. The van der Waals surface area contributed by atoms with E-state index in [0.717, 1.165) is 10.5 Å². The van der Waals surface area contributed by atoms with Crippen molar-refractivity contribution < 1.29 is 14.7 Å². The molecule has 2 aromatic carbocycles. The Hall–Kier alpha value is -2.54. The lowest BCUT2D eigenvalue weighted by atomic mass is 10.1. The maximum absolute atomic E-state index is 12.4. The topological polar surface area (TPSA) is 86.9 Å². The quantitative estimate of drug-likeness (QED) is 0.694. The lowest BCUT2D eigenvalue weighted by Gasteiger charge is -2.26. The fourth-order valence-electron chi connectivity index (χ4n) is 3.23. The minimum atomic E-state index is -0.840. The average Bonchev–Trinajstić information content (AvgIpc) is 2.88. The summed E-state index contributed by atoms with van der Waals surface area (Å²) in [5.41, 5.74) is 7.59. The number of carbonyl (C=O) groups excluding carboxylic acids is 2. The monoisotopic (exact) mass is 353 g/mol. The van der Waals surface area contributed by atoms with Gasteiger partial charge in [0.15, 0.2) is 0 Å². The first-order chi connectivity index (χ1) is 12.6. The Kier molecular flexibility index (Phi) is 5.78. The molecule has 1 aliphatic rings. The molecule has 136 valence electrons. The zero-order valence-corrected chi connectivity index (χ0v) is 14.5. The zero-order valence-electron chi connectivity index (χ0n) is 14.5. The summed E-state index contributed by atoms with van der Waals surface area (Å²) in [7, 11) is 0. The van der Waals surface area contributed by atoms with Crippen LogP contribution in [0.3, 0.4) is 0 Å². The number of β-amino-alcohol motifs (C(OH)–C–C–N with tert-alkyl or cyclic N) is 1. The number of aliphatic hydroxyl groups excluding tert-OH is 1. The van der Waals surface area contributed by atoms with Gasteiger partial charge in [0.25, 0.3) is 11.8 Å². The summed E-state index contributed by atoms with van der Waals surface area (Å²) in [5.74, 6) is -0.698. The number of hydrogen-bond acceptors (Lipinski definition) is 5. The van der Waals surface area contributed by atoms with Crippen molar-refractivity contribution >= 4 is 11.8 Å². The van der Waals surface area contributed by atoms with Gasteiger partial charge in [0.05, 0.1) is 23.8 Å². The number of fused-ring (bicyclic) bond motifs is 1. The molecule has 0 bridgehead atoms. The molecule has 1 atom stereocenters. The molecule has 0 saturated heterocycles. The van der Waals surface area contributed by atoms with Crippen LogP contribution in [0.15, 0.2) is 54.6 Å². The molecule has 0 aliphatic carbocycles. The Morgan fingerprint density at radius 1 is 0.962 bits per heavy atom. The van der Waals surface area contributed by atoms with Gasteiger partial charge < -0.3 is 10.8 Å². The fourth-order valence-corrected chi connectivity index (χ4v) is 3.23. The van der Waals surface area contributed by atoms with Gasteiger partial charge >= 0.3 is 0 Å². The molecule has 0 saturated carbocycles. The standard InChI is InChI=1S/C20H23N3O3/c21-10-11-22(12-15-6-2-1-3-7-15)13-16(24)14-23-19(25)17-8-4-5-9-18(17)20(23)26/h1-9,16,24H,10-14,21H2. The van der Waals surface area contributed by atoms with Crippen LogP contribution in [-0.2, 0) is 6.54 Å². The normalized spacial score (nSPS) is 14.8. The first kappa shape index (κ1) is 18.3. The minimum absolute atomic E-state index is 0.0256. The Morgan fingerprint density at radius 2 is 1.54 bits per heavy atom. The highest BCUT2D eigenvalue weighted by Gasteiger charge is 2.36. The van der Waals surface area contributed by atoms with E-state index in [2.05, 4.69) is 0 Å². The highest BCUT2D eigenvalue weighted by molar-refractivity contribution is 6.21. The minimum Gasteiger partial charge on any atom is -0.390 e. The van der Waals surface area contributed by atoms with Crippen molar-refractivity contribution in [1.29, 1.82) is 0 Å². The van der Waals surface area contributed by atoms with E-state index >= 15 is 0 Å². The predicted octanol–water partition coefficient (Wildman–Crippen LogP) is 1.10. The molecule has 6 heteroatoms. The van der Waals surface area contributed by atoms with Crippen LogP contribution >= 0.6 is 0 Å². The number of nitrogens with two attached hydrogens (primary N) is 1. The predicted molar refractivity (Wildman–Crippen MR) is 98.6 cm³/mol. The summed E-state index contributed by atoms with van der Waals surface area (Å²) < 4.78 is 0. The van der Waals surface area contributed by atoms with Crippen molar-refractivity contribution in [2.45, 2.75) is 12.6 Å². The maximum atomic E-state index is 12.4. The molecule has 0 radical (unpaired) electrons. The Balaban J connectivity index is 1.63. The second kappa shape index (κ2) is 8.23. The molecule has 26 heavy (non-hydrogen) atoms. The van der Waals surface area contributed by atoms with E-state index in [0.29, 0.717) is 37.3 Å². The molecule has 6 nitrogen and oxygen atoms in total. The zero-order chi connectivity index (χ0) is 18.5. The highest BCUT2D eigenvalue weighted by Crippen LogP contribution is 2.22. The van der Waals surface area contributed by atoms with Crippen LogP contribution in [0.1, 0.15) is 26.3 Å². The molecule has 2 aromatic rings. The third-order valence-corrected chi connectivity index (χ3v) is 4.43. The van der Waals surface area contributed by atoms with Crippen LogP contribution in [0.4, 0.5) is 0 Å². The maximum Gasteiger partial charge on any atom is 0.261 e. The SMILES string of the molecule is NCCN(Cc1ccccc1)CC(O)CN1C(=O)c2ccccc2C1=O. The van der Waals surface area contributed by atoms with Gasteiger partial charge in [-0.25, -0.2) is 0 Å². The number of imide groups is 1. The van der Waals surface area contributed by atoms with Gasteiger partial charge in [-0.15, -0.1) is 0 Å². The fraction of sp³-hybridized carbons (Fsp3) is 0.300. The first-order valence-corrected chi connectivity index (χ1v) is 8.69. The van der Waals surface area contributed by atoms with Crippen molar-refractivity contribution in [3.63, 3.8) is 0 Å². The number of carbonyl (C=O) groups is 2. The average molecular weight is 353 g/mol. The summed E-state index contributed by atoms with van der Waals surface area (Å²) in [6.45, 7) is 2.04. The van der Waals surface area contributed by atoms with E-state index in [9.17, 15) is 14.7 Å². The molecule has 0 aromatic heterocycles. The summed E-state index contributed by atoms with van der Waals surface area (Å²) in [6, 6.07) is 16.6. The number of aliphatic hydroxyl groups is 1. The summed E-state index contributed by atoms with van der Waals surface area (Å²) >= 11 is 0. The summed E-state index contributed by atoms with van der Waals surface area (Å²) in [4.78, 5) is 28.0. The van der Waals surface area contributed by atoms with Crippen molar-refractivity contribution in [2.75, 3.05) is 26.2 Å². The molecular formula is C20H23N3O3. The molecule has 1 aliphatic heterocycles. The van der Waals surface area contributed by atoms with Crippen LogP contribution < -0.4 is 5.73 Å². The number of hydrogen-bond donors (Lipinski definition) is 2. The third-order valence-electron chi connectivity index (χ3n) is 4.43. The molecule has 1 heterocycles. The third kappa shape index (κ3) is 3.99. The van der Waals surface area contributed by atoms with Crippen LogP contribution in [-0.4, -0.2) is 59.0 Å². The van der Waals surface area contributed by atoms with Crippen LogP contribution in [0.2, 0.25) is 0 Å². The second-order valence-electron chi connectivity index (χ2n) is 6.43. The van der Waals surface area contributed by atoms with E-state index < -0.39 is 6.10 Å². The van der Waals surface area contributed by atoms with Crippen molar-refractivity contribution in [3.05, 3.63) is 71.3 Å². The van der Waals surface area contributed by atoms with Gasteiger partial charge in [-0.05, 0) is 17.7 Å². The number of rotatable bonds is 8. The van der Waals surface area contributed by atoms with Gasteiger partial charge in [0.1, 0.15) is 0 Å². The lowest BCUT2D eigenvalue weighted by molar-refractivity contribution is 0.0469. The second-order valence-corrected chi connectivity index (χ2v) is 6.43. The van der Waals surface area contributed by atoms with E-state index in [-0.39, 0.29) is 18.4 Å². The van der Waals surface area contributed by atoms with Gasteiger partial charge in [-0.2, -0.15) is 0 Å². The van der Waals surface area contributed by atoms with E-state index in [1.165, 1.54) is 0 Å². The number of amides is 2. The van der Waals surface area contributed by atoms with Crippen LogP contribution in [0.5, 0.6) is 0 Å². The van der Waals surface area contributed by atoms with E-state index in [1.807, 2.05) is 35.2 Å². The lowest BCUT2D eigenvalue weighted by Crippen LogP contribution is -2.43. The Bertz CT molecular complexity index is 744. The van der Waals surface area contributed by atoms with Crippen molar-refractivity contribution in [1.82, 2.24) is 9.80 Å². The smallest absolute Gasteiger partial charge is 0.261 e. The van der Waals surface area contributed by atoms with Gasteiger partial charge in [-0.3, -0.25) is 19.4 Å². The molecule has 3 N–H and O–H groups in total. The molecule has 0 spiro atoms. The van der Waals surface area contributed by atoms with E-state index in [4.69, 9.17) is 5.73 Å². The largest absolute Gasteiger partial charge is 0.390 e. The first-order valence-electron chi connectivity index (χ1n) is 8.69. The van der Waals surface area contributed by atoms with Gasteiger partial charge in [0.2, 0.25) is 0 Å². The highest BCUT2D eigenvalue weighted by atomic mass is 16.3. The van der Waals surface area contributed by atoms with Crippen LogP contribution in [0.25, 0.3) is 0 Å². The van der Waals surface area contributed by atoms with Gasteiger partial charge in [0, 0.05) is 26.2 Å².